The normalized spacial score (nSPS) is 38.2. The lowest BCUT2D eigenvalue weighted by molar-refractivity contribution is -0.138. The highest BCUT2D eigenvalue weighted by Gasteiger charge is 2.60. The predicted molar refractivity (Wildman–Crippen MR) is 138 cm³/mol. The lowest BCUT2D eigenvalue weighted by Gasteiger charge is -2.60. The van der Waals surface area contributed by atoms with E-state index in [1.807, 2.05) is 36.2 Å². The average Bonchev–Trinajstić information content (AvgIpc) is 3.41. The lowest BCUT2D eigenvalue weighted by Crippen LogP contribution is -2.59. The number of anilines is 1. The quantitative estimate of drug-likeness (QED) is 0.637. The van der Waals surface area contributed by atoms with Crippen LogP contribution in [0.1, 0.15) is 58.2 Å². The van der Waals surface area contributed by atoms with Gasteiger partial charge in [0.1, 0.15) is 5.82 Å². The maximum absolute atomic E-state index is 12.3. The van der Waals surface area contributed by atoms with E-state index in [0.29, 0.717) is 23.3 Å². The highest BCUT2D eigenvalue weighted by atomic mass is 16.2. The molecule has 0 bridgehead atoms. The number of imidazole rings is 1. The first kappa shape index (κ1) is 22.8. The van der Waals surface area contributed by atoms with Crippen LogP contribution in [0.2, 0.25) is 0 Å². The molecule has 7 atom stereocenters. The molecule has 6 rings (SSSR count). The van der Waals surface area contributed by atoms with Crippen molar-refractivity contribution in [1.29, 1.82) is 0 Å². The average molecular weight is 475 g/mol. The molecule has 0 unspecified atom stereocenters. The standard InChI is InChI=1S/C29H38N4O2/c1-28-13-11-22-20(7-10-25-29(22,2)14-12-27(35)33(25)4)21(28)8-5-18(28)15-26-30-23-9-6-19(32(3)17-34)16-24(23)31-26/h6,9,12,14,16-18,20-22,25H,5,7-8,10-11,13,15H2,1-4H3,(H,30,31)/t18-,20+,21+,22+,25-,28-,29-/m1/s1. The minimum atomic E-state index is 0.107. The van der Waals surface area contributed by atoms with Crippen molar-refractivity contribution in [2.75, 3.05) is 19.0 Å². The number of amides is 2. The van der Waals surface area contributed by atoms with E-state index < -0.39 is 0 Å². The van der Waals surface area contributed by atoms with Gasteiger partial charge < -0.3 is 14.8 Å². The number of nitrogens with one attached hydrogen (secondary N) is 1. The van der Waals surface area contributed by atoms with E-state index in [1.165, 1.54) is 32.1 Å². The van der Waals surface area contributed by atoms with Gasteiger partial charge in [-0.05, 0) is 91.9 Å². The van der Waals surface area contributed by atoms with Crippen LogP contribution in [0.3, 0.4) is 0 Å². The zero-order valence-corrected chi connectivity index (χ0v) is 21.5. The van der Waals surface area contributed by atoms with Crippen LogP contribution in [0, 0.1) is 34.5 Å². The number of benzene rings is 1. The zero-order chi connectivity index (χ0) is 24.5. The topological polar surface area (TPSA) is 69.3 Å². The van der Waals surface area contributed by atoms with E-state index in [0.717, 1.165) is 53.6 Å². The molecule has 4 aliphatic rings. The summed E-state index contributed by atoms with van der Waals surface area (Å²) in [5, 5.41) is 0. The van der Waals surface area contributed by atoms with Crippen molar-refractivity contribution in [1.82, 2.24) is 14.9 Å². The SMILES string of the molecule is CN(C=O)c1ccc2nc(C[C@H]3CC[C@H]4[C@@H]5CC[C@H]6N(C)C(=O)C=C[C@]6(C)[C@H]5CC[C@]34C)[nH]c2c1. The Kier molecular flexibility index (Phi) is 5.17. The van der Waals surface area contributed by atoms with Gasteiger partial charge in [0.25, 0.3) is 0 Å². The number of nitrogens with zero attached hydrogens (tertiary/aromatic N) is 3. The molecule has 1 aromatic heterocycles. The molecule has 6 heteroatoms. The van der Waals surface area contributed by atoms with Gasteiger partial charge in [-0.15, -0.1) is 0 Å². The maximum atomic E-state index is 12.3. The molecule has 2 aromatic rings. The van der Waals surface area contributed by atoms with Crippen LogP contribution in [-0.2, 0) is 16.0 Å². The second-order valence-corrected chi connectivity index (χ2v) is 12.2. The molecule has 0 radical (unpaired) electrons. The first-order chi connectivity index (χ1) is 16.7. The molecule has 186 valence electrons. The Morgan fingerprint density at radius 3 is 2.80 bits per heavy atom. The van der Waals surface area contributed by atoms with Gasteiger partial charge >= 0.3 is 0 Å². The van der Waals surface area contributed by atoms with Gasteiger partial charge in [-0.25, -0.2) is 4.98 Å². The summed E-state index contributed by atoms with van der Waals surface area (Å²) >= 11 is 0. The zero-order valence-electron chi connectivity index (χ0n) is 21.5. The third-order valence-electron chi connectivity index (χ3n) is 10.8. The van der Waals surface area contributed by atoms with Gasteiger partial charge in [0, 0.05) is 37.7 Å². The number of carbonyl (C=O) groups is 2. The molecule has 2 amide bonds. The molecule has 1 aromatic carbocycles. The maximum Gasteiger partial charge on any atom is 0.246 e. The van der Waals surface area contributed by atoms with Crippen molar-refractivity contribution in [3.8, 4) is 0 Å². The third-order valence-corrected chi connectivity index (χ3v) is 10.8. The van der Waals surface area contributed by atoms with E-state index in [1.54, 1.807) is 11.9 Å². The fourth-order valence-corrected chi connectivity index (χ4v) is 8.84. The summed E-state index contributed by atoms with van der Waals surface area (Å²) in [7, 11) is 3.77. The molecule has 3 fully saturated rings. The molecule has 3 saturated carbocycles. The number of rotatable bonds is 4. The summed E-state index contributed by atoms with van der Waals surface area (Å²) in [5.74, 6) is 4.07. The minimum absolute atomic E-state index is 0.107. The Hall–Kier alpha value is -2.63. The molecule has 35 heavy (non-hydrogen) atoms. The van der Waals surface area contributed by atoms with Crippen molar-refractivity contribution in [2.45, 2.75) is 64.8 Å². The highest BCUT2D eigenvalue weighted by molar-refractivity contribution is 5.89. The molecule has 1 aliphatic heterocycles. The molecular weight excluding hydrogens is 436 g/mol. The van der Waals surface area contributed by atoms with Crippen LogP contribution in [0.4, 0.5) is 5.69 Å². The molecule has 6 nitrogen and oxygen atoms in total. The molecule has 0 saturated heterocycles. The van der Waals surface area contributed by atoms with Gasteiger partial charge in [-0.1, -0.05) is 19.9 Å². The summed E-state index contributed by atoms with van der Waals surface area (Å²) in [6.07, 6.45) is 13.4. The van der Waals surface area contributed by atoms with E-state index in [-0.39, 0.29) is 11.3 Å². The van der Waals surface area contributed by atoms with Crippen molar-refractivity contribution < 1.29 is 9.59 Å². The van der Waals surface area contributed by atoms with Gasteiger partial charge in [0.15, 0.2) is 0 Å². The molecule has 2 heterocycles. The van der Waals surface area contributed by atoms with E-state index >= 15 is 0 Å². The van der Waals surface area contributed by atoms with Crippen molar-refractivity contribution in [3.05, 3.63) is 36.2 Å². The Bertz CT molecular complexity index is 1200. The summed E-state index contributed by atoms with van der Waals surface area (Å²) in [6.45, 7) is 4.99. The van der Waals surface area contributed by atoms with E-state index in [9.17, 15) is 9.59 Å². The molecular formula is C29H38N4O2. The number of fused-ring (bicyclic) bond motifs is 6. The van der Waals surface area contributed by atoms with Gasteiger partial charge in [0.2, 0.25) is 12.3 Å². The van der Waals surface area contributed by atoms with Crippen LogP contribution >= 0.6 is 0 Å². The smallest absolute Gasteiger partial charge is 0.246 e. The number of likely N-dealkylation sites (N-methyl/N-ethyl adjacent to an activating group) is 1. The number of H-pyrrole nitrogens is 1. The first-order valence-electron chi connectivity index (χ1n) is 13.4. The molecule has 3 aliphatic carbocycles. The number of aromatic nitrogens is 2. The summed E-state index contributed by atoms with van der Waals surface area (Å²) in [6, 6.07) is 6.33. The van der Waals surface area contributed by atoms with Gasteiger partial charge in [-0.3, -0.25) is 9.59 Å². The van der Waals surface area contributed by atoms with Crippen molar-refractivity contribution >= 4 is 29.0 Å². The number of hydrogen-bond acceptors (Lipinski definition) is 3. The second kappa shape index (κ2) is 7.94. The van der Waals surface area contributed by atoms with Crippen LogP contribution < -0.4 is 4.90 Å². The molecule has 0 spiro atoms. The lowest BCUT2D eigenvalue weighted by atomic mass is 9.47. The Balaban J connectivity index is 1.23. The molecule has 1 N–H and O–H groups in total. The van der Waals surface area contributed by atoms with E-state index in [4.69, 9.17) is 4.98 Å². The summed E-state index contributed by atoms with van der Waals surface area (Å²) in [5.41, 5.74) is 3.31. The Labute approximate surface area is 208 Å². The number of hydrogen-bond donors (Lipinski definition) is 1. The monoisotopic (exact) mass is 474 g/mol. The number of carbonyl (C=O) groups excluding carboxylic acids is 2. The first-order valence-corrected chi connectivity index (χ1v) is 13.4. The second-order valence-electron chi connectivity index (χ2n) is 12.2. The van der Waals surface area contributed by atoms with Crippen LogP contribution in [0.25, 0.3) is 11.0 Å². The van der Waals surface area contributed by atoms with Crippen LogP contribution in [0.5, 0.6) is 0 Å². The predicted octanol–water partition coefficient (Wildman–Crippen LogP) is 4.95. The highest BCUT2D eigenvalue weighted by Crippen LogP contribution is 2.65. The summed E-state index contributed by atoms with van der Waals surface area (Å²) in [4.78, 5) is 35.6. The van der Waals surface area contributed by atoms with Gasteiger partial charge in [-0.2, -0.15) is 0 Å². The Morgan fingerprint density at radius 1 is 1.17 bits per heavy atom. The fourth-order valence-electron chi connectivity index (χ4n) is 8.84. The van der Waals surface area contributed by atoms with Gasteiger partial charge in [0.05, 0.1) is 11.0 Å². The third kappa shape index (κ3) is 3.31. The van der Waals surface area contributed by atoms with Crippen LogP contribution in [0.15, 0.2) is 30.4 Å². The summed E-state index contributed by atoms with van der Waals surface area (Å²) < 4.78 is 0. The Morgan fingerprint density at radius 2 is 2.00 bits per heavy atom. The largest absolute Gasteiger partial charge is 0.342 e. The fraction of sp³-hybridized carbons (Fsp3) is 0.621. The number of aromatic amines is 1. The van der Waals surface area contributed by atoms with E-state index in [2.05, 4.69) is 24.9 Å². The van der Waals surface area contributed by atoms with Crippen LogP contribution in [-0.4, -0.2) is 47.3 Å². The van der Waals surface area contributed by atoms with Crippen molar-refractivity contribution in [3.63, 3.8) is 0 Å². The minimum Gasteiger partial charge on any atom is -0.342 e. The van der Waals surface area contributed by atoms with Crippen molar-refractivity contribution in [2.24, 2.45) is 34.5 Å².